The molecule has 0 radical (unpaired) electrons. The number of esters is 6. The molecule has 2 aliphatic rings. The number of carbonyl (C=O) groups excluding carboxylic acids is 6. The Morgan fingerprint density at radius 1 is 0.438 bits per heavy atom. The molecular formula is C47H48O17. The molecule has 64 heavy (non-hydrogen) atoms. The van der Waals surface area contributed by atoms with Crippen LogP contribution in [0.3, 0.4) is 0 Å². The van der Waals surface area contributed by atoms with Gasteiger partial charge in [-0.3, -0.25) is 14.4 Å². The fraction of sp³-hybridized carbons (Fsp3) is 0.362. The molecule has 0 saturated carbocycles. The monoisotopic (exact) mass is 884 g/mol. The average Bonchev–Trinajstić information content (AvgIpc) is 3.30. The molecule has 6 rings (SSSR count). The average molecular weight is 885 g/mol. The van der Waals surface area contributed by atoms with Gasteiger partial charge in [0.15, 0.2) is 43.1 Å². The Morgan fingerprint density at radius 2 is 0.844 bits per heavy atom. The van der Waals surface area contributed by atoms with Gasteiger partial charge in [-0.1, -0.05) is 84.9 Å². The van der Waals surface area contributed by atoms with Crippen molar-refractivity contribution in [3.63, 3.8) is 0 Å². The van der Waals surface area contributed by atoms with Gasteiger partial charge in [0.05, 0.1) is 29.9 Å². The molecule has 2 aliphatic heterocycles. The maximum Gasteiger partial charge on any atom is 0.338 e. The third kappa shape index (κ3) is 12.6. The second-order valence-corrected chi connectivity index (χ2v) is 14.6. The number of hydrogen-bond donors (Lipinski definition) is 0. The van der Waals surface area contributed by atoms with E-state index >= 15 is 0 Å². The molecule has 1 unspecified atom stereocenters. The lowest BCUT2D eigenvalue weighted by molar-refractivity contribution is -0.334. The zero-order valence-corrected chi connectivity index (χ0v) is 35.4. The quantitative estimate of drug-likeness (QED) is 0.103. The predicted molar refractivity (Wildman–Crippen MR) is 220 cm³/mol. The summed E-state index contributed by atoms with van der Waals surface area (Å²) in [6, 6.07) is 32.9. The van der Waals surface area contributed by atoms with Gasteiger partial charge in [0.1, 0.15) is 24.9 Å². The fourth-order valence-electron chi connectivity index (χ4n) is 7.04. The number of benzene rings is 4. The van der Waals surface area contributed by atoms with Gasteiger partial charge >= 0.3 is 35.8 Å². The first-order valence-electron chi connectivity index (χ1n) is 20.3. The minimum atomic E-state index is -1.60. The van der Waals surface area contributed by atoms with E-state index in [1.807, 2.05) is 6.07 Å². The van der Waals surface area contributed by atoms with Gasteiger partial charge in [-0.05, 0) is 42.0 Å². The first-order chi connectivity index (χ1) is 30.9. The lowest BCUT2D eigenvalue weighted by Gasteiger charge is -2.46. The first kappa shape index (κ1) is 47.0. The highest BCUT2D eigenvalue weighted by molar-refractivity contribution is 5.91. The molecule has 0 bridgehead atoms. The molecule has 0 spiro atoms. The second kappa shape index (κ2) is 22.7. The van der Waals surface area contributed by atoms with Crippen molar-refractivity contribution in [2.45, 2.75) is 88.8 Å². The Labute approximate surface area is 368 Å². The van der Waals surface area contributed by atoms with Crippen molar-refractivity contribution in [2.24, 2.45) is 0 Å². The predicted octanol–water partition coefficient (Wildman–Crippen LogP) is 4.79. The van der Waals surface area contributed by atoms with Crippen LogP contribution in [0.4, 0.5) is 0 Å². The molecule has 17 heteroatoms. The van der Waals surface area contributed by atoms with E-state index in [2.05, 4.69) is 0 Å². The highest BCUT2D eigenvalue weighted by Gasteiger charge is 2.55. The smallest absolute Gasteiger partial charge is 0.338 e. The molecule has 0 N–H and O–H groups in total. The molecule has 2 saturated heterocycles. The van der Waals surface area contributed by atoms with Crippen LogP contribution in [0.2, 0.25) is 0 Å². The van der Waals surface area contributed by atoms with Crippen molar-refractivity contribution in [3.8, 4) is 0 Å². The number of hydrogen-bond acceptors (Lipinski definition) is 17. The Bertz CT molecular complexity index is 2170. The van der Waals surface area contributed by atoms with Crippen LogP contribution < -0.4 is 0 Å². The zero-order valence-electron chi connectivity index (χ0n) is 35.4. The molecule has 0 aromatic heterocycles. The van der Waals surface area contributed by atoms with Gasteiger partial charge in [0.2, 0.25) is 0 Å². The number of rotatable bonds is 17. The zero-order chi connectivity index (χ0) is 45.6. The van der Waals surface area contributed by atoms with Gasteiger partial charge in [-0.25, -0.2) is 14.4 Å². The summed E-state index contributed by atoms with van der Waals surface area (Å²) in [5.41, 5.74) is 1.12. The molecule has 338 valence electrons. The standard InChI is InChI=1S/C47H48O17/c1-28(48)55-26-35-37(58-29(2)49)39(59-30(3)50)41(56-25-31-17-9-5-10-18-31)47(61-35)57-27-36-38(62-43(51)32-19-11-6-12-20-32)40(63-44(52)33-21-13-7-14-22-33)42(46(54-4)60-36)64-45(53)34-23-15-8-16-24-34/h5-24,35-42,46-47H,25-27H2,1-4H3/t35-,36-,37+,38+,39+,40+,41-,42-,46-,47?/m1/s1. The number of methoxy groups -OCH3 is 1. The minimum absolute atomic E-state index is 0.0666. The van der Waals surface area contributed by atoms with Crippen LogP contribution in [-0.4, -0.2) is 118 Å². The lowest BCUT2D eigenvalue weighted by atomic mass is 9.97. The van der Waals surface area contributed by atoms with E-state index in [9.17, 15) is 28.8 Å². The van der Waals surface area contributed by atoms with Crippen molar-refractivity contribution >= 4 is 35.8 Å². The molecule has 17 nitrogen and oxygen atoms in total. The van der Waals surface area contributed by atoms with Gasteiger partial charge in [0.25, 0.3) is 0 Å². The maximum atomic E-state index is 13.9. The van der Waals surface area contributed by atoms with Crippen molar-refractivity contribution in [2.75, 3.05) is 20.3 Å². The van der Waals surface area contributed by atoms with Crippen molar-refractivity contribution < 1.29 is 80.9 Å². The SMILES string of the molecule is CO[C@@H]1O[C@H](COC2O[C@H](COC(C)=O)[C@H](OC(C)=O)[C@H](OC(C)=O)[C@H]2OCc2ccccc2)[C@H](OC(=O)c2ccccc2)[C@H](OC(=O)c2ccccc2)[C@H]1OC(=O)c1ccccc1. The molecule has 4 aromatic rings. The maximum absolute atomic E-state index is 13.9. The molecule has 2 fully saturated rings. The van der Waals surface area contributed by atoms with E-state index in [1.165, 1.54) is 50.4 Å². The summed E-state index contributed by atoms with van der Waals surface area (Å²) >= 11 is 0. The molecular weight excluding hydrogens is 836 g/mol. The Morgan fingerprint density at radius 3 is 1.33 bits per heavy atom. The summed E-state index contributed by atoms with van der Waals surface area (Å²) in [6.45, 7) is 2.38. The Kier molecular flexibility index (Phi) is 16.7. The van der Waals surface area contributed by atoms with E-state index in [0.29, 0.717) is 5.56 Å². The molecule has 4 aromatic carbocycles. The van der Waals surface area contributed by atoms with Crippen LogP contribution in [0.25, 0.3) is 0 Å². The normalized spacial score (nSPS) is 25.2. The van der Waals surface area contributed by atoms with Crippen LogP contribution in [-0.2, 0) is 73.1 Å². The molecule has 2 heterocycles. The van der Waals surface area contributed by atoms with Gasteiger partial charge in [-0.2, -0.15) is 0 Å². The summed E-state index contributed by atoms with van der Waals surface area (Å²) in [5.74, 6) is -4.76. The summed E-state index contributed by atoms with van der Waals surface area (Å²) in [4.78, 5) is 78.5. The highest BCUT2D eigenvalue weighted by Crippen LogP contribution is 2.34. The van der Waals surface area contributed by atoms with Crippen LogP contribution >= 0.6 is 0 Å². The van der Waals surface area contributed by atoms with Crippen LogP contribution in [0.1, 0.15) is 57.4 Å². The summed E-state index contributed by atoms with van der Waals surface area (Å²) in [6.07, 6.45) is -14.4. The van der Waals surface area contributed by atoms with E-state index in [1.54, 1.807) is 78.9 Å². The highest BCUT2D eigenvalue weighted by atomic mass is 16.8. The third-order valence-electron chi connectivity index (χ3n) is 9.94. The second-order valence-electron chi connectivity index (χ2n) is 14.6. The van der Waals surface area contributed by atoms with Crippen molar-refractivity contribution in [1.29, 1.82) is 0 Å². The van der Waals surface area contributed by atoms with Gasteiger partial charge < -0.3 is 52.1 Å². The lowest BCUT2D eigenvalue weighted by Crippen LogP contribution is -2.64. The number of ether oxygens (including phenoxy) is 11. The van der Waals surface area contributed by atoms with Gasteiger partial charge in [0, 0.05) is 27.9 Å². The molecule has 0 aliphatic carbocycles. The first-order valence-corrected chi connectivity index (χ1v) is 20.3. The van der Waals surface area contributed by atoms with Crippen LogP contribution in [0.15, 0.2) is 121 Å². The summed E-state index contributed by atoms with van der Waals surface area (Å²) < 4.78 is 66.0. The largest absolute Gasteiger partial charge is 0.463 e. The van der Waals surface area contributed by atoms with Crippen molar-refractivity contribution in [1.82, 2.24) is 0 Å². The Hall–Kier alpha value is -6.50. The van der Waals surface area contributed by atoms with E-state index in [0.717, 1.165) is 13.8 Å². The Balaban J connectivity index is 1.39. The van der Waals surface area contributed by atoms with Gasteiger partial charge in [-0.15, -0.1) is 0 Å². The number of carbonyl (C=O) groups is 6. The van der Waals surface area contributed by atoms with Crippen LogP contribution in [0.5, 0.6) is 0 Å². The van der Waals surface area contributed by atoms with E-state index < -0.39 is 110 Å². The minimum Gasteiger partial charge on any atom is -0.463 e. The summed E-state index contributed by atoms with van der Waals surface area (Å²) in [7, 11) is 1.27. The fourth-order valence-corrected chi connectivity index (χ4v) is 7.04. The van der Waals surface area contributed by atoms with E-state index in [-0.39, 0.29) is 23.3 Å². The van der Waals surface area contributed by atoms with Crippen molar-refractivity contribution in [3.05, 3.63) is 144 Å². The summed E-state index contributed by atoms with van der Waals surface area (Å²) in [5, 5.41) is 0. The third-order valence-corrected chi connectivity index (χ3v) is 9.94. The van der Waals surface area contributed by atoms with Crippen LogP contribution in [0, 0.1) is 0 Å². The van der Waals surface area contributed by atoms with E-state index in [4.69, 9.17) is 52.1 Å². The molecule has 10 atom stereocenters. The topological polar surface area (TPSA) is 204 Å². The molecule has 0 amide bonds.